The third kappa shape index (κ3) is 3.39. The fourth-order valence-corrected chi connectivity index (χ4v) is 4.05. The van der Waals surface area contributed by atoms with Crippen LogP contribution in [0.3, 0.4) is 0 Å². The van der Waals surface area contributed by atoms with E-state index in [1.807, 2.05) is 24.0 Å². The quantitative estimate of drug-likeness (QED) is 0.690. The standard InChI is InChI=1S/C19H18FN3O2S/c1-12-7-8-16(26-12)19(24)23-9-3-5-14(11-23)18-21-17(22-25-18)13-4-2-6-15(20)10-13/h2,4,6-8,10,14H,3,5,9,11H2,1H3. The lowest BCUT2D eigenvalue weighted by Crippen LogP contribution is -2.38. The molecule has 5 nitrogen and oxygen atoms in total. The van der Waals surface area contributed by atoms with Gasteiger partial charge in [0.1, 0.15) is 5.82 Å². The summed E-state index contributed by atoms with van der Waals surface area (Å²) in [6.45, 7) is 3.28. The summed E-state index contributed by atoms with van der Waals surface area (Å²) in [6.07, 6.45) is 1.77. The Morgan fingerprint density at radius 2 is 2.23 bits per heavy atom. The molecule has 2 aromatic heterocycles. The normalized spacial score (nSPS) is 17.5. The van der Waals surface area contributed by atoms with Crippen molar-refractivity contribution in [3.63, 3.8) is 0 Å². The van der Waals surface area contributed by atoms with Crippen LogP contribution in [-0.4, -0.2) is 34.0 Å². The zero-order chi connectivity index (χ0) is 18.1. The zero-order valence-electron chi connectivity index (χ0n) is 14.3. The van der Waals surface area contributed by atoms with Crippen molar-refractivity contribution >= 4 is 17.2 Å². The molecule has 0 bridgehead atoms. The first-order chi connectivity index (χ1) is 12.6. The van der Waals surface area contributed by atoms with E-state index in [1.54, 1.807) is 12.1 Å². The van der Waals surface area contributed by atoms with Gasteiger partial charge in [0.25, 0.3) is 5.91 Å². The van der Waals surface area contributed by atoms with Gasteiger partial charge in [-0.2, -0.15) is 4.98 Å². The highest BCUT2D eigenvalue weighted by atomic mass is 32.1. The van der Waals surface area contributed by atoms with Gasteiger partial charge in [-0.05, 0) is 44.0 Å². The van der Waals surface area contributed by atoms with Crippen LogP contribution in [0, 0.1) is 12.7 Å². The molecular weight excluding hydrogens is 353 g/mol. The molecule has 0 N–H and O–H groups in total. The molecule has 1 amide bonds. The third-order valence-electron chi connectivity index (χ3n) is 4.53. The van der Waals surface area contributed by atoms with Crippen molar-refractivity contribution in [1.29, 1.82) is 0 Å². The summed E-state index contributed by atoms with van der Waals surface area (Å²) in [4.78, 5) is 20.9. The number of carbonyl (C=O) groups excluding carboxylic acids is 1. The van der Waals surface area contributed by atoms with Crippen LogP contribution in [0.2, 0.25) is 0 Å². The largest absolute Gasteiger partial charge is 0.339 e. The molecule has 0 aliphatic carbocycles. The molecule has 1 unspecified atom stereocenters. The van der Waals surface area contributed by atoms with Gasteiger partial charge in [-0.1, -0.05) is 17.3 Å². The highest BCUT2D eigenvalue weighted by Crippen LogP contribution is 2.29. The number of amides is 1. The molecule has 1 saturated heterocycles. The van der Waals surface area contributed by atoms with Crippen molar-refractivity contribution in [3.8, 4) is 11.4 Å². The molecule has 0 saturated carbocycles. The summed E-state index contributed by atoms with van der Waals surface area (Å²) >= 11 is 1.51. The second-order valence-electron chi connectivity index (χ2n) is 6.47. The van der Waals surface area contributed by atoms with Crippen LogP contribution >= 0.6 is 11.3 Å². The minimum Gasteiger partial charge on any atom is -0.339 e. The summed E-state index contributed by atoms with van der Waals surface area (Å²) in [5.74, 6) is 0.594. The molecule has 1 atom stereocenters. The monoisotopic (exact) mass is 371 g/mol. The Labute approximate surface area is 154 Å². The van der Waals surface area contributed by atoms with Gasteiger partial charge in [0.05, 0.1) is 10.8 Å². The van der Waals surface area contributed by atoms with Crippen LogP contribution in [0.4, 0.5) is 4.39 Å². The molecule has 134 valence electrons. The fourth-order valence-electron chi connectivity index (χ4n) is 3.21. The van der Waals surface area contributed by atoms with Gasteiger partial charge >= 0.3 is 0 Å². The van der Waals surface area contributed by atoms with Crippen LogP contribution in [0.5, 0.6) is 0 Å². The van der Waals surface area contributed by atoms with Crippen LogP contribution in [0.1, 0.15) is 39.2 Å². The number of nitrogens with zero attached hydrogens (tertiary/aromatic N) is 3. The zero-order valence-corrected chi connectivity index (χ0v) is 15.1. The Morgan fingerprint density at radius 3 is 3.00 bits per heavy atom. The lowest BCUT2D eigenvalue weighted by atomic mass is 9.98. The molecule has 0 radical (unpaired) electrons. The minimum absolute atomic E-state index is 0.00330. The molecule has 1 aromatic carbocycles. The van der Waals surface area contributed by atoms with E-state index in [9.17, 15) is 9.18 Å². The number of halogens is 1. The number of likely N-dealkylation sites (tertiary alicyclic amines) is 1. The molecule has 26 heavy (non-hydrogen) atoms. The van der Waals surface area contributed by atoms with E-state index < -0.39 is 0 Å². The van der Waals surface area contributed by atoms with Gasteiger partial charge in [-0.15, -0.1) is 11.3 Å². The molecule has 7 heteroatoms. The highest BCUT2D eigenvalue weighted by Gasteiger charge is 2.29. The van der Waals surface area contributed by atoms with Gasteiger partial charge in [0.2, 0.25) is 11.7 Å². The predicted molar refractivity (Wildman–Crippen MR) is 96.6 cm³/mol. The van der Waals surface area contributed by atoms with Crippen molar-refractivity contribution in [1.82, 2.24) is 15.0 Å². The summed E-state index contributed by atoms with van der Waals surface area (Å²) < 4.78 is 18.8. The van der Waals surface area contributed by atoms with Gasteiger partial charge in [0.15, 0.2) is 0 Å². The second-order valence-corrected chi connectivity index (χ2v) is 7.76. The van der Waals surface area contributed by atoms with Crippen molar-refractivity contribution in [2.75, 3.05) is 13.1 Å². The van der Waals surface area contributed by atoms with Crippen molar-refractivity contribution in [2.24, 2.45) is 0 Å². The van der Waals surface area contributed by atoms with Crippen LogP contribution in [0.25, 0.3) is 11.4 Å². The average Bonchev–Trinajstić information content (AvgIpc) is 3.30. The number of hydrogen-bond acceptors (Lipinski definition) is 5. The molecular formula is C19H18FN3O2S. The van der Waals surface area contributed by atoms with Crippen LogP contribution in [0.15, 0.2) is 40.9 Å². The molecule has 4 rings (SSSR count). The smallest absolute Gasteiger partial charge is 0.263 e. The van der Waals surface area contributed by atoms with Crippen LogP contribution in [-0.2, 0) is 0 Å². The van der Waals surface area contributed by atoms with E-state index >= 15 is 0 Å². The molecule has 0 spiro atoms. The minimum atomic E-state index is -0.338. The summed E-state index contributed by atoms with van der Waals surface area (Å²) in [7, 11) is 0. The maximum atomic E-state index is 13.4. The molecule has 1 aliphatic rings. The lowest BCUT2D eigenvalue weighted by molar-refractivity contribution is 0.0700. The number of benzene rings is 1. The number of aromatic nitrogens is 2. The van der Waals surface area contributed by atoms with E-state index in [4.69, 9.17) is 4.52 Å². The molecule has 3 aromatic rings. The van der Waals surface area contributed by atoms with Crippen molar-refractivity contribution < 1.29 is 13.7 Å². The van der Waals surface area contributed by atoms with Gasteiger partial charge in [0, 0.05) is 23.5 Å². The lowest BCUT2D eigenvalue weighted by Gasteiger charge is -2.30. The first-order valence-electron chi connectivity index (χ1n) is 8.55. The first kappa shape index (κ1) is 16.9. The fraction of sp³-hybridized carbons (Fsp3) is 0.316. The Hall–Kier alpha value is -2.54. The Bertz CT molecular complexity index is 936. The van der Waals surface area contributed by atoms with Gasteiger partial charge in [-0.25, -0.2) is 4.39 Å². The van der Waals surface area contributed by atoms with E-state index in [1.165, 1.54) is 23.5 Å². The van der Waals surface area contributed by atoms with Crippen molar-refractivity contribution in [3.05, 3.63) is 57.9 Å². The van der Waals surface area contributed by atoms with Gasteiger partial charge < -0.3 is 9.42 Å². The van der Waals surface area contributed by atoms with Gasteiger partial charge in [-0.3, -0.25) is 4.79 Å². The van der Waals surface area contributed by atoms with E-state index in [2.05, 4.69) is 10.1 Å². The topological polar surface area (TPSA) is 59.2 Å². The Morgan fingerprint density at radius 1 is 1.35 bits per heavy atom. The van der Waals surface area contributed by atoms with E-state index in [0.717, 1.165) is 29.1 Å². The average molecular weight is 371 g/mol. The molecule has 3 heterocycles. The number of aryl methyl sites for hydroxylation is 1. The summed E-state index contributed by atoms with van der Waals surface area (Å²) in [5, 5.41) is 3.98. The number of carbonyl (C=O) groups is 1. The maximum Gasteiger partial charge on any atom is 0.263 e. The highest BCUT2D eigenvalue weighted by molar-refractivity contribution is 7.13. The van der Waals surface area contributed by atoms with Crippen LogP contribution < -0.4 is 0 Å². The third-order valence-corrected chi connectivity index (χ3v) is 5.52. The summed E-state index contributed by atoms with van der Waals surface area (Å²) in [5.41, 5.74) is 0.581. The summed E-state index contributed by atoms with van der Waals surface area (Å²) in [6, 6.07) is 9.95. The van der Waals surface area contributed by atoms with Crippen molar-refractivity contribution in [2.45, 2.75) is 25.7 Å². The Kier molecular flexibility index (Phi) is 4.55. The molecule has 1 fully saturated rings. The molecule has 1 aliphatic heterocycles. The number of thiophene rings is 1. The van der Waals surface area contributed by atoms with E-state index in [-0.39, 0.29) is 17.6 Å². The number of rotatable bonds is 3. The number of piperidine rings is 1. The van der Waals surface area contributed by atoms with E-state index in [0.29, 0.717) is 23.8 Å². The SMILES string of the molecule is Cc1ccc(C(=O)N2CCCC(c3nc(-c4cccc(F)c4)no3)C2)s1. The maximum absolute atomic E-state index is 13.4. The predicted octanol–water partition coefficient (Wildman–Crippen LogP) is 4.27. The first-order valence-corrected chi connectivity index (χ1v) is 9.37. The Balaban J connectivity index is 1.51. The number of hydrogen-bond donors (Lipinski definition) is 0. The second kappa shape index (κ2) is 6.99.